The molecule has 0 saturated carbocycles. The maximum atomic E-state index is 11.4. The summed E-state index contributed by atoms with van der Waals surface area (Å²) in [5.74, 6) is 0.231. The zero-order chi connectivity index (χ0) is 11.4. The van der Waals surface area contributed by atoms with Crippen LogP contribution in [-0.2, 0) is 9.47 Å². The fourth-order valence-corrected chi connectivity index (χ4v) is 1.44. The van der Waals surface area contributed by atoms with Crippen molar-refractivity contribution in [2.24, 2.45) is 0 Å². The van der Waals surface area contributed by atoms with Crippen molar-refractivity contribution in [3.05, 3.63) is 24.4 Å². The molecule has 5 nitrogen and oxygen atoms in total. The molecule has 0 spiro atoms. The molecule has 0 bridgehead atoms. The third kappa shape index (κ3) is 2.70. The van der Waals surface area contributed by atoms with Crippen molar-refractivity contribution in [3.63, 3.8) is 0 Å². The summed E-state index contributed by atoms with van der Waals surface area (Å²) >= 11 is 0. The van der Waals surface area contributed by atoms with E-state index in [-0.39, 0.29) is 5.88 Å². The normalized spacial score (nSPS) is 24.1. The predicted octanol–water partition coefficient (Wildman–Crippen LogP) is 1.78. The molecule has 16 heavy (non-hydrogen) atoms. The lowest BCUT2D eigenvalue weighted by Crippen LogP contribution is -2.33. The Balaban J connectivity index is 1.89. The second-order valence-corrected chi connectivity index (χ2v) is 3.87. The Hall–Kier alpha value is -1.62. The van der Waals surface area contributed by atoms with Gasteiger partial charge in [0.2, 0.25) is 5.88 Å². The Labute approximate surface area is 93.3 Å². The van der Waals surface area contributed by atoms with Gasteiger partial charge in [0.25, 0.3) is 0 Å². The van der Waals surface area contributed by atoms with E-state index in [1.54, 1.807) is 24.4 Å². The molecule has 1 aliphatic heterocycles. The first-order valence-electron chi connectivity index (χ1n) is 5.08. The predicted molar refractivity (Wildman–Crippen MR) is 55.2 cm³/mol. The van der Waals surface area contributed by atoms with Crippen LogP contribution in [0.2, 0.25) is 0 Å². The van der Waals surface area contributed by atoms with Gasteiger partial charge in [-0.25, -0.2) is 9.78 Å². The van der Waals surface area contributed by atoms with Crippen LogP contribution >= 0.6 is 0 Å². The van der Waals surface area contributed by atoms with Crippen molar-refractivity contribution < 1.29 is 19.0 Å². The minimum atomic E-state index is -0.744. The SMILES string of the molecule is CC1(OC(=O)Oc2ccccn2)CCOC1. The topological polar surface area (TPSA) is 57.7 Å². The monoisotopic (exact) mass is 223 g/mol. The second-order valence-electron chi connectivity index (χ2n) is 3.87. The molecule has 0 radical (unpaired) electrons. The van der Waals surface area contributed by atoms with E-state index in [9.17, 15) is 4.79 Å². The average Bonchev–Trinajstić information content (AvgIpc) is 2.66. The molecule has 1 atom stereocenters. The van der Waals surface area contributed by atoms with E-state index in [0.29, 0.717) is 19.6 Å². The highest BCUT2D eigenvalue weighted by Crippen LogP contribution is 2.23. The quantitative estimate of drug-likeness (QED) is 0.715. The molecule has 1 fully saturated rings. The number of nitrogens with zero attached hydrogens (tertiary/aromatic N) is 1. The van der Waals surface area contributed by atoms with Crippen LogP contribution in [0, 0.1) is 0 Å². The van der Waals surface area contributed by atoms with Gasteiger partial charge in [-0.1, -0.05) is 6.07 Å². The Kier molecular flexibility index (Phi) is 3.05. The molecule has 2 heterocycles. The van der Waals surface area contributed by atoms with Gasteiger partial charge >= 0.3 is 6.16 Å². The fraction of sp³-hybridized carbons (Fsp3) is 0.455. The molecule has 0 amide bonds. The summed E-state index contributed by atoms with van der Waals surface area (Å²) in [6.45, 7) is 2.83. The van der Waals surface area contributed by atoms with Crippen LogP contribution in [0.5, 0.6) is 5.88 Å². The van der Waals surface area contributed by atoms with E-state index < -0.39 is 11.8 Å². The molecule has 0 aromatic carbocycles. The number of pyridine rings is 1. The molecular formula is C11H13NO4. The molecular weight excluding hydrogens is 210 g/mol. The Morgan fingerprint density at radius 2 is 2.44 bits per heavy atom. The van der Waals surface area contributed by atoms with E-state index in [2.05, 4.69) is 4.98 Å². The highest BCUT2D eigenvalue weighted by atomic mass is 16.7. The van der Waals surface area contributed by atoms with Crippen LogP contribution in [0.25, 0.3) is 0 Å². The van der Waals surface area contributed by atoms with Crippen molar-refractivity contribution in [1.29, 1.82) is 0 Å². The van der Waals surface area contributed by atoms with Crippen molar-refractivity contribution in [2.45, 2.75) is 18.9 Å². The second kappa shape index (κ2) is 4.49. The lowest BCUT2D eigenvalue weighted by atomic mass is 10.1. The van der Waals surface area contributed by atoms with Crippen molar-refractivity contribution in [1.82, 2.24) is 4.98 Å². The van der Waals surface area contributed by atoms with E-state index in [0.717, 1.165) is 0 Å². The number of hydrogen-bond acceptors (Lipinski definition) is 5. The van der Waals surface area contributed by atoms with Crippen molar-refractivity contribution in [2.75, 3.05) is 13.2 Å². The Morgan fingerprint density at radius 3 is 3.06 bits per heavy atom. The van der Waals surface area contributed by atoms with E-state index >= 15 is 0 Å². The smallest absolute Gasteiger partial charge is 0.425 e. The lowest BCUT2D eigenvalue weighted by molar-refractivity contribution is -0.00856. The molecule has 2 rings (SSSR count). The zero-order valence-electron chi connectivity index (χ0n) is 9.01. The number of carbonyl (C=O) groups is 1. The lowest BCUT2D eigenvalue weighted by Gasteiger charge is -2.21. The van der Waals surface area contributed by atoms with Crippen LogP contribution in [0.1, 0.15) is 13.3 Å². The van der Waals surface area contributed by atoms with Crippen LogP contribution in [0.3, 0.4) is 0 Å². The van der Waals surface area contributed by atoms with Gasteiger partial charge in [-0.15, -0.1) is 0 Å². The molecule has 1 unspecified atom stereocenters. The molecule has 0 N–H and O–H groups in total. The standard InChI is InChI=1S/C11H13NO4/c1-11(5-7-14-8-11)16-10(13)15-9-4-2-3-6-12-9/h2-4,6H,5,7-8H2,1H3. The maximum absolute atomic E-state index is 11.4. The third-order valence-corrected chi connectivity index (χ3v) is 2.34. The molecule has 1 aliphatic rings. The maximum Gasteiger partial charge on any atom is 0.515 e. The molecule has 1 aromatic heterocycles. The summed E-state index contributed by atoms with van der Waals surface area (Å²) < 4.78 is 15.3. The average molecular weight is 223 g/mol. The fourth-order valence-electron chi connectivity index (χ4n) is 1.44. The molecule has 1 saturated heterocycles. The van der Waals surface area contributed by atoms with Gasteiger partial charge in [-0.3, -0.25) is 0 Å². The van der Waals surface area contributed by atoms with Crippen LogP contribution < -0.4 is 4.74 Å². The first kappa shape index (κ1) is 10.9. The van der Waals surface area contributed by atoms with Crippen molar-refractivity contribution >= 4 is 6.16 Å². The number of aromatic nitrogens is 1. The Morgan fingerprint density at radius 1 is 1.56 bits per heavy atom. The molecule has 5 heteroatoms. The van der Waals surface area contributed by atoms with E-state index in [1.807, 2.05) is 6.92 Å². The molecule has 86 valence electrons. The van der Waals surface area contributed by atoms with Crippen LogP contribution in [0.4, 0.5) is 4.79 Å². The van der Waals surface area contributed by atoms with E-state index in [1.165, 1.54) is 0 Å². The largest absolute Gasteiger partial charge is 0.515 e. The first-order chi connectivity index (χ1) is 7.68. The highest BCUT2D eigenvalue weighted by molar-refractivity contribution is 5.63. The number of hydrogen-bond donors (Lipinski definition) is 0. The van der Waals surface area contributed by atoms with Gasteiger partial charge in [0.15, 0.2) is 0 Å². The van der Waals surface area contributed by atoms with Crippen LogP contribution in [0.15, 0.2) is 24.4 Å². The number of rotatable bonds is 2. The van der Waals surface area contributed by atoms with Gasteiger partial charge < -0.3 is 14.2 Å². The summed E-state index contributed by atoms with van der Waals surface area (Å²) in [6, 6.07) is 5.06. The summed E-state index contributed by atoms with van der Waals surface area (Å²) in [7, 11) is 0. The van der Waals surface area contributed by atoms with Gasteiger partial charge in [0, 0.05) is 18.7 Å². The minimum Gasteiger partial charge on any atom is -0.425 e. The van der Waals surface area contributed by atoms with Gasteiger partial charge in [0.1, 0.15) is 5.60 Å². The van der Waals surface area contributed by atoms with Crippen molar-refractivity contribution in [3.8, 4) is 5.88 Å². The zero-order valence-corrected chi connectivity index (χ0v) is 9.01. The van der Waals surface area contributed by atoms with Gasteiger partial charge in [0.05, 0.1) is 13.2 Å². The minimum absolute atomic E-state index is 0.231. The first-order valence-corrected chi connectivity index (χ1v) is 5.08. The summed E-state index contributed by atoms with van der Waals surface area (Å²) in [5.41, 5.74) is -0.578. The Bertz CT molecular complexity index is 360. The van der Waals surface area contributed by atoms with E-state index in [4.69, 9.17) is 14.2 Å². The van der Waals surface area contributed by atoms with Gasteiger partial charge in [-0.05, 0) is 13.0 Å². The summed E-state index contributed by atoms with van der Waals surface area (Å²) in [5, 5.41) is 0. The number of ether oxygens (including phenoxy) is 3. The highest BCUT2D eigenvalue weighted by Gasteiger charge is 2.34. The summed E-state index contributed by atoms with van der Waals surface area (Å²) in [6.07, 6.45) is 1.49. The van der Waals surface area contributed by atoms with Gasteiger partial charge in [-0.2, -0.15) is 0 Å². The van der Waals surface area contributed by atoms with Crippen LogP contribution in [-0.4, -0.2) is 30.0 Å². The molecule has 1 aromatic rings. The summed E-state index contributed by atoms with van der Waals surface area (Å²) in [4.78, 5) is 15.3. The molecule has 0 aliphatic carbocycles. The third-order valence-electron chi connectivity index (χ3n) is 2.34. The number of carbonyl (C=O) groups excluding carboxylic acids is 1.